The van der Waals surface area contributed by atoms with Gasteiger partial charge in [-0.25, -0.2) is 9.97 Å². The molecule has 5 nitrogen and oxygen atoms in total. The highest BCUT2D eigenvalue weighted by molar-refractivity contribution is 7.25. The standard InChI is InChI=1S/C16H17N3O2S/c1-4-10-9-6-21-16(2,3)5-8(9)11-12-13(22-15(11)19-10)14(20)18-7-17-12/h7H,4-6H2,1-3H3,(H,17,18,20). The van der Waals surface area contributed by atoms with Crippen molar-refractivity contribution in [2.75, 3.05) is 0 Å². The molecule has 0 atom stereocenters. The smallest absolute Gasteiger partial charge is 0.268 e. The largest absolute Gasteiger partial charge is 0.370 e. The first-order valence-electron chi connectivity index (χ1n) is 7.44. The predicted octanol–water partition coefficient (Wildman–Crippen LogP) is 2.95. The molecule has 6 heteroatoms. The number of thiophene rings is 1. The summed E-state index contributed by atoms with van der Waals surface area (Å²) in [6.07, 6.45) is 3.15. The van der Waals surface area contributed by atoms with Crippen molar-refractivity contribution in [1.82, 2.24) is 15.0 Å². The lowest BCUT2D eigenvalue weighted by Gasteiger charge is -2.33. The van der Waals surface area contributed by atoms with E-state index in [1.807, 2.05) is 0 Å². The Morgan fingerprint density at radius 2 is 2.23 bits per heavy atom. The van der Waals surface area contributed by atoms with Gasteiger partial charge in [0, 0.05) is 23.1 Å². The summed E-state index contributed by atoms with van der Waals surface area (Å²) < 4.78 is 6.63. The van der Waals surface area contributed by atoms with E-state index in [1.54, 1.807) is 0 Å². The molecular formula is C16H17N3O2S. The van der Waals surface area contributed by atoms with Crippen molar-refractivity contribution in [3.8, 4) is 0 Å². The third kappa shape index (κ3) is 1.90. The molecule has 0 amide bonds. The number of rotatable bonds is 1. The Morgan fingerprint density at radius 3 is 3.00 bits per heavy atom. The van der Waals surface area contributed by atoms with Gasteiger partial charge in [-0.2, -0.15) is 0 Å². The van der Waals surface area contributed by atoms with Crippen LogP contribution in [0.2, 0.25) is 0 Å². The number of pyridine rings is 1. The molecule has 0 unspecified atom stereocenters. The lowest BCUT2D eigenvalue weighted by Crippen LogP contribution is -2.32. The molecule has 0 spiro atoms. The second kappa shape index (κ2) is 4.60. The minimum Gasteiger partial charge on any atom is -0.370 e. The van der Waals surface area contributed by atoms with Gasteiger partial charge in [0.2, 0.25) is 0 Å². The SMILES string of the molecule is CCc1nc2sc3c(=O)[nH]cnc3c2c2c1COC(C)(C)C2. The summed E-state index contributed by atoms with van der Waals surface area (Å²) in [5, 5.41) is 1.04. The van der Waals surface area contributed by atoms with E-state index < -0.39 is 0 Å². The van der Waals surface area contributed by atoms with Crippen molar-refractivity contribution in [2.24, 2.45) is 0 Å². The van der Waals surface area contributed by atoms with Gasteiger partial charge in [-0.1, -0.05) is 6.92 Å². The average Bonchev–Trinajstić information content (AvgIpc) is 2.85. The highest BCUT2D eigenvalue weighted by Gasteiger charge is 2.31. The van der Waals surface area contributed by atoms with Crippen molar-refractivity contribution < 1.29 is 4.74 Å². The van der Waals surface area contributed by atoms with E-state index >= 15 is 0 Å². The fourth-order valence-corrected chi connectivity index (χ4v) is 4.25. The Hall–Kier alpha value is -1.79. The number of aryl methyl sites for hydroxylation is 1. The molecular weight excluding hydrogens is 298 g/mol. The number of nitrogens with one attached hydrogen (secondary N) is 1. The van der Waals surface area contributed by atoms with Crippen LogP contribution in [0.25, 0.3) is 20.4 Å². The van der Waals surface area contributed by atoms with Gasteiger partial charge in [-0.05, 0) is 25.8 Å². The van der Waals surface area contributed by atoms with Gasteiger partial charge in [0.15, 0.2) is 0 Å². The molecule has 4 rings (SSSR count). The zero-order valence-electron chi connectivity index (χ0n) is 12.8. The summed E-state index contributed by atoms with van der Waals surface area (Å²) in [4.78, 5) is 24.8. The second-order valence-electron chi connectivity index (χ2n) is 6.29. The maximum atomic E-state index is 12.1. The number of hydrogen-bond acceptors (Lipinski definition) is 5. The third-order valence-electron chi connectivity index (χ3n) is 4.26. The van der Waals surface area contributed by atoms with E-state index in [4.69, 9.17) is 9.72 Å². The van der Waals surface area contributed by atoms with Crippen molar-refractivity contribution in [1.29, 1.82) is 0 Å². The molecule has 1 aliphatic rings. The number of fused-ring (bicyclic) bond motifs is 5. The molecule has 1 aliphatic heterocycles. The van der Waals surface area contributed by atoms with E-state index in [-0.39, 0.29) is 11.2 Å². The fourth-order valence-electron chi connectivity index (χ4n) is 3.18. The Bertz CT molecular complexity index is 955. The number of H-pyrrole nitrogens is 1. The minimum atomic E-state index is -0.207. The molecule has 0 bridgehead atoms. The monoisotopic (exact) mass is 315 g/mol. The third-order valence-corrected chi connectivity index (χ3v) is 5.33. The highest BCUT2D eigenvalue weighted by atomic mass is 32.1. The molecule has 22 heavy (non-hydrogen) atoms. The molecule has 3 aromatic heterocycles. The molecule has 0 radical (unpaired) electrons. The molecule has 0 saturated heterocycles. The summed E-state index contributed by atoms with van der Waals surface area (Å²) >= 11 is 1.43. The van der Waals surface area contributed by atoms with Crippen LogP contribution < -0.4 is 5.56 Å². The topological polar surface area (TPSA) is 67.9 Å². The van der Waals surface area contributed by atoms with Gasteiger partial charge in [-0.15, -0.1) is 11.3 Å². The Kier molecular flexibility index (Phi) is 2.90. The van der Waals surface area contributed by atoms with Crippen LogP contribution >= 0.6 is 11.3 Å². The molecule has 3 aromatic rings. The first-order chi connectivity index (χ1) is 10.5. The maximum Gasteiger partial charge on any atom is 0.268 e. The quantitative estimate of drug-likeness (QED) is 0.749. The lowest BCUT2D eigenvalue weighted by molar-refractivity contribution is -0.0401. The summed E-state index contributed by atoms with van der Waals surface area (Å²) in [7, 11) is 0. The highest BCUT2D eigenvalue weighted by Crippen LogP contribution is 2.39. The van der Waals surface area contributed by atoms with Gasteiger partial charge < -0.3 is 9.72 Å². The predicted molar refractivity (Wildman–Crippen MR) is 87.5 cm³/mol. The second-order valence-corrected chi connectivity index (χ2v) is 7.28. The lowest BCUT2D eigenvalue weighted by atomic mass is 9.89. The molecule has 0 fully saturated rings. The Labute approximate surface area is 131 Å². The van der Waals surface area contributed by atoms with Crippen molar-refractivity contribution >= 4 is 31.8 Å². The van der Waals surface area contributed by atoms with Crippen LogP contribution in [0.15, 0.2) is 11.1 Å². The molecule has 0 aliphatic carbocycles. The van der Waals surface area contributed by atoms with Crippen LogP contribution in [0.5, 0.6) is 0 Å². The number of aromatic amines is 1. The van der Waals surface area contributed by atoms with Gasteiger partial charge in [0.1, 0.15) is 9.53 Å². The van der Waals surface area contributed by atoms with Crippen LogP contribution in [0.1, 0.15) is 37.6 Å². The maximum absolute atomic E-state index is 12.1. The Balaban J connectivity index is 2.17. The average molecular weight is 315 g/mol. The fraction of sp³-hybridized carbons (Fsp3) is 0.438. The van der Waals surface area contributed by atoms with E-state index in [9.17, 15) is 4.79 Å². The summed E-state index contributed by atoms with van der Waals surface area (Å²) in [5.74, 6) is 0. The summed E-state index contributed by atoms with van der Waals surface area (Å²) in [5.41, 5.74) is 3.97. The van der Waals surface area contributed by atoms with Crippen LogP contribution in [-0.2, 0) is 24.2 Å². The Morgan fingerprint density at radius 1 is 1.41 bits per heavy atom. The molecule has 0 saturated carbocycles. The van der Waals surface area contributed by atoms with Gasteiger partial charge >= 0.3 is 0 Å². The molecule has 114 valence electrons. The molecule has 0 aromatic carbocycles. The summed E-state index contributed by atoms with van der Waals surface area (Å²) in [6, 6.07) is 0. The van der Waals surface area contributed by atoms with E-state index in [0.717, 1.165) is 34.3 Å². The number of aromatic nitrogens is 3. The van der Waals surface area contributed by atoms with Crippen LogP contribution in [0, 0.1) is 0 Å². The molecule has 1 N–H and O–H groups in total. The van der Waals surface area contributed by atoms with Crippen molar-refractivity contribution in [3.63, 3.8) is 0 Å². The summed E-state index contributed by atoms with van der Waals surface area (Å²) in [6.45, 7) is 6.88. The number of nitrogens with zero attached hydrogens (tertiary/aromatic N) is 2. The normalized spacial score (nSPS) is 17.0. The first-order valence-corrected chi connectivity index (χ1v) is 8.26. The molecule has 4 heterocycles. The van der Waals surface area contributed by atoms with Crippen molar-refractivity contribution in [3.05, 3.63) is 33.5 Å². The first kappa shape index (κ1) is 13.8. The number of ether oxygens (including phenoxy) is 1. The van der Waals surface area contributed by atoms with Gasteiger partial charge in [-0.3, -0.25) is 4.79 Å². The minimum absolute atomic E-state index is 0.0916. The van der Waals surface area contributed by atoms with Gasteiger partial charge in [0.25, 0.3) is 5.56 Å². The van der Waals surface area contributed by atoms with Crippen LogP contribution in [0.3, 0.4) is 0 Å². The van der Waals surface area contributed by atoms with Crippen LogP contribution in [0.4, 0.5) is 0 Å². The zero-order chi connectivity index (χ0) is 15.5. The van der Waals surface area contributed by atoms with Crippen LogP contribution in [-0.4, -0.2) is 20.6 Å². The van der Waals surface area contributed by atoms with Gasteiger partial charge in [0.05, 0.1) is 24.1 Å². The van der Waals surface area contributed by atoms with E-state index in [0.29, 0.717) is 11.3 Å². The van der Waals surface area contributed by atoms with Crippen molar-refractivity contribution in [2.45, 2.75) is 45.8 Å². The zero-order valence-corrected chi connectivity index (χ0v) is 13.6. The van der Waals surface area contributed by atoms with E-state index in [2.05, 4.69) is 30.7 Å². The van der Waals surface area contributed by atoms with E-state index in [1.165, 1.54) is 28.8 Å². The number of hydrogen-bond donors (Lipinski definition) is 1.